The minimum absolute atomic E-state index is 0.0167. The average molecular weight is 278 g/mol. The highest BCUT2D eigenvalue weighted by Gasteiger charge is 2.32. The molecule has 2 rings (SSSR count). The van der Waals surface area contributed by atoms with E-state index in [4.69, 9.17) is 17.3 Å². The Labute approximate surface area is 104 Å². The maximum absolute atomic E-state index is 12.4. The molecule has 0 saturated heterocycles. The highest BCUT2D eigenvalue weighted by Crippen LogP contribution is 2.29. The van der Waals surface area contributed by atoms with E-state index in [0.717, 1.165) is 10.9 Å². The van der Waals surface area contributed by atoms with Crippen LogP contribution >= 0.6 is 11.6 Å². The van der Waals surface area contributed by atoms with Crippen LogP contribution in [0.5, 0.6) is 0 Å². The topological polar surface area (TPSA) is 69.6 Å². The second-order valence-corrected chi connectivity index (χ2v) is 3.82. The predicted octanol–water partition coefficient (Wildman–Crippen LogP) is 2.23. The first kappa shape index (κ1) is 12.6. The summed E-state index contributed by atoms with van der Waals surface area (Å²) in [6, 6.07) is 0. The fourth-order valence-corrected chi connectivity index (χ4v) is 1.50. The Morgan fingerprint density at radius 2 is 2.00 bits per heavy atom. The standard InChI is InChI=1S/C9H7ClF3N5/c1-4-6(14)7(17-8(10)16-4)18-3-5(2-15-18)9(11,12)13/h2-3H,14H2,1H3. The molecule has 0 spiro atoms. The number of aryl methyl sites for hydroxylation is 1. The van der Waals surface area contributed by atoms with Gasteiger partial charge in [-0.2, -0.15) is 23.3 Å². The predicted molar refractivity (Wildman–Crippen MR) is 58.3 cm³/mol. The molecule has 2 heterocycles. The molecule has 0 aliphatic rings. The number of nitrogens with zero attached hydrogens (tertiary/aromatic N) is 4. The maximum atomic E-state index is 12.4. The van der Waals surface area contributed by atoms with Crippen LogP contribution in [0.2, 0.25) is 5.28 Å². The number of alkyl halides is 3. The van der Waals surface area contributed by atoms with E-state index in [2.05, 4.69) is 15.1 Å². The zero-order valence-corrected chi connectivity index (χ0v) is 9.79. The first-order valence-electron chi connectivity index (χ1n) is 4.71. The number of hydrogen-bond donors (Lipinski definition) is 1. The van der Waals surface area contributed by atoms with Crippen molar-refractivity contribution in [3.8, 4) is 5.82 Å². The van der Waals surface area contributed by atoms with Crippen LogP contribution in [0, 0.1) is 6.92 Å². The molecule has 0 aliphatic carbocycles. The molecular formula is C9H7ClF3N5. The second-order valence-electron chi connectivity index (χ2n) is 3.49. The van der Waals surface area contributed by atoms with Crippen LogP contribution in [-0.4, -0.2) is 19.7 Å². The van der Waals surface area contributed by atoms with Crippen LogP contribution < -0.4 is 5.73 Å². The molecule has 0 aliphatic heterocycles. The zero-order chi connectivity index (χ0) is 13.5. The van der Waals surface area contributed by atoms with Crippen molar-refractivity contribution in [2.24, 2.45) is 0 Å². The summed E-state index contributed by atoms with van der Waals surface area (Å²) in [6.07, 6.45) is -3.00. The van der Waals surface area contributed by atoms with Crippen LogP contribution in [0.4, 0.5) is 18.9 Å². The quantitative estimate of drug-likeness (QED) is 0.812. The molecule has 0 radical (unpaired) electrons. The molecule has 18 heavy (non-hydrogen) atoms. The van der Waals surface area contributed by atoms with Gasteiger partial charge in [0.15, 0.2) is 5.82 Å². The Hall–Kier alpha value is -1.83. The normalized spacial score (nSPS) is 11.8. The molecule has 0 saturated carbocycles. The molecule has 0 fully saturated rings. The molecule has 0 amide bonds. The monoisotopic (exact) mass is 277 g/mol. The van der Waals surface area contributed by atoms with Gasteiger partial charge in [-0.3, -0.25) is 0 Å². The summed E-state index contributed by atoms with van der Waals surface area (Å²) in [6.45, 7) is 1.57. The van der Waals surface area contributed by atoms with Crippen LogP contribution in [-0.2, 0) is 6.18 Å². The molecule has 0 bridgehead atoms. The summed E-state index contributed by atoms with van der Waals surface area (Å²) >= 11 is 5.63. The minimum Gasteiger partial charge on any atom is -0.394 e. The SMILES string of the molecule is Cc1nc(Cl)nc(-n2cc(C(F)(F)F)cn2)c1N. The van der Waals surface area contributed by atoms with E-state index >= 15 is 0 Å². The molecule has 0 unspecified atom stereocenters. The van der Waals surface area contributed by atoms with Gasteiger partial charge in [-0.15, -0.1) is 0 Å². The number of anilines is 1. The van der Waals surface area contributed by atoms with Crippen molar-refractivity contribution < 1.29 is 13.2 Å². The molecule has 0 aromatic carbocycles. The van der Waals surface area contributed by atoms with Gasteiger partial charge in [-0.05, 0) is 18.5 Å². The van der Waals surface area contributed by atoms with Crippen molar-refractivity contribution in [3.63, 3.8) is 0 Å². The third-order valence-electron chi connectivity index (χ3n) is 2.22. The van der Waals surface area contributed by atoms with E-state index in [0.29, 0.717) is 11.9 Å². The number of rotatable bonds is 1. The lowest BCUT2D eigenvalue weighted by Gasteiger charge is -2.07. The third kappa shape index (κ3) is 2.23. The summed E-state index contributed by atoms with van der Waals surface area (Å²) in [5.41, 5.74) is 5.27. The van der Waals surface area contributed by atoms with Gasteiger partial charge >= 0.3 is 6.18 Å². The Bertz CT molecular complexity index is 592. The Kier molecular flexibility index (Phi) is 2.89. The van der Waals surface area contributed by atoms with Gasteiger partial charge in [0.05, 0.1) is 23.1 Å². The number of hydrogen-bond acceptors (Lipinski definition) is 4. The van der Waals surface area contributed by atoms with Gasteiger partial charge in [0.25, 0.3) is 0 Å². The van der Waals surface area contributed by atoms with E-state index in [1.807, 2.05) is 0 Å². The molecule has 0 atom stereocenters. The molecule has 9 heteroatoms. The first-order valence-corrected chi connectivity index (χ1v) is 5.08. The second kappa shape index (κ2) is 4.13. The fraction of sp³-hybridized carbons (Fsp3) is 0.222. The number of aromatic nitrogens is 4. The molecule has 5 nitrogen and oxygen atoms in total. The highest BCUT2D eigenvalue weighted by molar-refractivity contribution is 6.28. The van der Waals surface area contributed by atoms with Crippen LogP contribution in [0.1, 0.15) is 11.3 Å². The van der Waals surface area contributed by atoms with Crippen LogP contribution in [0.25, 0.3) is 5.82 Å². The number of nitrogens with two attached hydrogens (primary N) is 1. The average Bonchev–Trinajstić information content (AvgIpc) is 2.71. The fourth-order valence-electron chi connectivity index (χ4n) is 1.29. The van der Waals surface area contributed by atoms with Crippen molar-refractivity contribution in [1.82, 2.24) is 19.7 Å². The third-order valence-corrected chi connectivity index (χ3v) is 2.38. The van der Waals surface area contributed by atoms with Crippen molar-refractivity contribution in [3.05, 3.63) is 28.9 Å². The maximum Gasteiger partial charge on any atom is 0.419 e. The molecule has 96 valence electrons. The molecule has 2 aromatic rings. The van der Waals surface area contributed by atoms with Crippen molar-refractivity contribution in [2.45, 2.75) is 13.1 Å². The lowest BCUT2D eigenvalue weighted by Crippen LogP contribution is -2.08. The van der Waals surface area contributed by atoms with Gasteiger partial charge < -0.3 is 5.73 Å². The van der Waals surface area contributed by atoms with Gasteiger partial charge in [0, 0.05) is 6.20 Å². The lowest BCUT2D eigenvalue weighted by atomic mass is 10.3. The summed E-state index contributed by atoms with van der Waals surface area (Å²) in [4.78, 5) is 7.54. The Morgan fingerprint density at radius 3 is 2.56 bits per heavy atom. The number of nitrogen functional groups attached to an aromatic ring is 1. The van der Waals surface area contributed by atoms with Crippen molar-refractivity contribution in [1.29, 1.82) is 0 Å². The van der Waals surface area contributed by atoms with Crippen molar-refractivity contribution >= 4 is 17.3 Å². The molecule has 2 N–H and O–H groups in total. The van der Waals surface area contributed by atoms with Crippen LogP contribution in [0.15, 0.2) is 12.4 Å². The van der Waals surface area contributed by atoms with Gasteiger partial charge in [-0.25, -0.2) is 9.67 Å². The van der Waals surface area contributed by atoms with Gasteiger partial charge in [0.1, 0.15) is 0 Å². The Balaban J connectivity index is 2.53. The summed E-state index contributed by atoms with van der Waals surface area (Å²) in [5, 5.41) is 3.45. The molecule has 2 aromatic heterocycles. The van der Waals surface area contributed by atoms with E-state index in [1.54, 1.807) is 6.92 Å². The zero-order valence-electron chi connectivity index (χ0n) is 9.03. The van der Waals surface area contributed by atoms with Gasteiger partial charge in [0.2, 0.25) is 5.28 Å². The summed E-state index contributed by atoms with van der Waals surface area (Å²) in [5.74, 6) is 0.0167. The minimum atomic E-state index is -4.47. The first-order chi connectivity index (χ1) is 8.29. The van der Waals surface area contributed by atoms with E-state index < -0.39 is 11.7 Å². The van der Waals surface area contributed by atoms with Crippen molar-refractivity contribution in [2.75, 3.05) is 5.73 Å². The Morgan fingerprint density at radius 1 is 1.33 bits per heavy atom. The lowest BCUT2D eigenvalue weighted by molar-refractivity contribution is -0.137. The highest BCUT2D eigenvalue weighted by atomic mass is 35.5. The molecular weight excluding hydrogens is 271 g/mol. The number of halogens is 4. The largest absolute Gasteiger partial charge is 0.419 e. The van der Waals surface area contributed by atoms with Crippen LogP contribution in [0.3, 0.4) is 0 Å². The van der Waals surface area contributed by atoms with E-state index in [9.17, 15) is 13.2 Å². The smallest absolute Gasteiger partial charge is 0.394 e. The van der Waals surface area contributed by atoms with E-state index in [-0.39, 0.29) is 16.8 Å². The summed E-state index contributed by atoms with van der Waals surface area (Å²) in [7, 11) is 0. The van der Waals surface area contributed by atoms with Gasteiger partial charge in [-0.1, -0.05) is 0 Å². The summed E-state index contributed by atoms with van der Waals surface area (Å²) < 4.78 is 38.2. The van der Waals surface area contributed by atoms with E-state index in [1.165, 1.54) is 0 Å².